The minimum atomic E-state index is 0.296. The summed E-state index contributed by atoms with van der Waals surface area (Å²) in [5, 5.41) is 6.97. The van der Waals surface area contributed by atoms with E-state index >= 15 is 0 Å². The highest BCUT2D eigenvalue weighted by atomic mass is 16.5. The van der Waals surface area contributed by atoms with Crippen LogP contribution in [-0.2, 0) is 0 Å². The van der Waals surface area contributed by atoms with Crippen molar-refractivity contribution in [1.29, 1.82) is 0 Å². The van der Waals surface area contributed by atoms with E-state index in [-0.39, 0.29) is 0 Å². The minimum Gasteiger partial charge on any atom is -0.497 e. The number of methoxy groups -OCH3 is 1. The summed E-state index contributed by atoms with van der Waals surface area (Å²) in [6.45, 7) is 6.04. The Morgan fingerprint density at radius 3 is 2.73 bits per heavy atom. The van der Waals surface area contributed by atoms with Gasteiger partial charge in [-0.05, 0) is 63.4 Å². The third kappa shape index (κ3) is 5.01. The lowest BCUT2D eigenvalue weighted by molar-refractivity contribution is 0.251. The molecule has 0 saturated carbocycles. The highest BCUT2D eigenvalue weighted by molar-refractivity contribution is 5.80. The number of nitrogens with one attached hydrogen (secondary N) is 2. The summed E-state index contributed by atoms with van der Waals surface area (Å²) in [6, 6.07) is 9.20. The van der Waals surface area contributed by atoms with Crippen LogP contribution in [0.3, 0.4) is 0 Å². The zero-order valence-corrected chi connectivity index (χ0v) is 16.1. The van der Waals surface area contributed by atoms with Gasteiger partial charge >= 0.3 is 0 Å². The summed E-state index contributed by atoms with van der Waals surface area (Å²) in [4.78, 5) is 7.49. The van der Waals surface area contributed by atoms with Gasteiger partial charge in [-0.25, -0.2) is 0 Å². The van der Waals surface area contributed by atoms with Crippen molar-refractivity contribution in [1.82, 2.24) is 15.5 Å². The Morgan fingerprint density at radius 1 is 1.27 bits per heavy atom. The van der Waals surface area contributed by atoms with E-state index in [0.717, 1.165) is 50.7 Å². The van der Waals surface area contributed by atoms with Gasteiger partial charge in [0.15, 0.2) is 5.96 Å². The molecule has 0 amide bonds. The van der Waals surface area contributed by atoms with Crippen molar-refractivity contribution in [2.24, 2.45) is 4.99 Å². The van der Waals surface area contributed by atoms with Gasteiger partial charge in [-0.2, -0.15) is 0 Å². The van der Waals surface area contributed by atoms with E-state index in [1.165, 1.54) is 18.4 Å². The fraction of sp³-hybridized carbons (Fsp3) is 0.571. The van der Waals surface area contributed by atoms with E-state index in [2.05, 4.69) is 52.8 Å². The number of rotatable bonds is 7. The second kappa shape index (κ2) is 9.62. The molecular formula is C21H32N4O. The third-order valence-electron chi connectivity index (χ3n) is 5.18. The quantitative estimate of drug-likeness (QED) is 0.448. The van der Waals surface area contributed by atoms with Crippen molar-refractivity contribution < 1.29 is 4.74 Å². The average Bonchev–Trinajstić information content (AvgIpc) is 3.36. The summed E-state index contributed by atoms with van der Waals surface area (Å²) >= 11 is 0. The van der Waals surface area contributed by atoms with Crippen molar-refractivity contribution in [2.45, 2.75) is 44.7 Å². The summed E-state index contributed by atoms with van der Waals surface area (Å²) in [5.74, 6) is 1.84. The Hall–Kier alpha value is -2.01. The van der Waals surface area contributed by atoms with Gasteiger partial charge in [-0.3, -0.25) is 9.89 Å². The van der Waals surface area contributed by atoms with E-state index in [9.17, 15) is 0 Å². The zero-order chi connectivity index (χ0) is 18.2. The fourth-order valence-electron chi connectivity index (χ4n) is 3.76. The molecule has 2 aliphatic rings. The maximum atomic E-state index is 5.43. The second-order valence-corrected chi connectivity index (χ2v) is 7.04. The monoisotopic (exact) mass is 356 g/mol. The lowest BCUT2D eigenvalue weighted by Gasteiger charge is -2.27. The highest BCUT2D eigenvalue weighted by Crippen LogP contribution is 2.28. The molecule has 26 heavy (non-hydrogen) atoms. The normalized spacial score (nSPS) is 19.7. The van der Waals surface area contributed by atoms with Crippen LogP contribution in [0.1, 0.15) is 44.2 Å². The number of hydrogen-bond donors (Lipinski definition) is 2. The van der Waals surface area contributed by atoms with Gasteiger partial charge in [-0.1, -0.05) is 24.3 Å². The van der Waals surface area contributed by atoms with E-state index in [4.69, 9.17) is 9.73 Å². The lowest BCUT2D eigenvalue weighted by atomic mass is 10.1. The van der Waals surface area contributed by atoms with Gasteiger partial charge < -0.3 is 15.4 Å². The van der Waals surface area contributed by atoms with Crippen molar-refractivity contribution >= 4 is 5.96 Å². The Balaban J connectivity index is 1.74. The molecule has 2 N–H and O–H groups in total. The van der Waals surface area contributed by atoms with Crippen LogP contribution in [-0.4, -0.2) is 50.2 Å². The molecule has 3 rings (SSSR count). The van der Waals surface area contributed by atoms with E-state index in [0.29, 0.717) is 12.1 Å². The molecule has 1 unspecified atom stereocenters. The topological polar surface area (TPSA) is 48.9 Å². The van der Waals surface area contributed by atoms with Crippen molar-refractivity contribution in [3.8, 4) is 5.75 Å². The maximum Gasteiger partial charge on any atom is 0.191 e. The van der Waals surface area contributed by atoms with E-state index in [1.54, 1.807) is 7.11 Å². The molecule has 0 aromatic heterocycles. The smallest absolute Gasteiger partial charge is 0.191 e. The summed E-state index contributed by atoms with van der Waals surface area (Å²) in [5.41, 5.74) is 1.29. The van der Waals surface area contributed by atoms with Gasteiger partial charge in [0.25, 0.3) is 0 Å². The van der Waals surface area contributed by atoms with Gasteiger partial charge in [0.2, 0.25) is 0 Å². The minimum absolute atomic E-state index is 0.296. The van der Waals surface area contributed by atoms with Crippen LogP contribution < -0.4 is 15.4 Å². The van der Waals surface area contributed by atoms with Crippen LogP contribution in [0.2, 0.25) is 0 Å². The predicted molar refractivity (Wildman–Crippen MR) is 108 cm³/mol. The van der Waals surface area contributed by atoms with Crippen molar-refractivity contribution in [2.75, 3.05) is 33.3 Å². The number of benzene rings is 1. The number of aliphatic imine (C=N–C) groups is 1. The average molecular weight is 357 g/mol. The molecule has 1 aliphatic carbocycles. The molecule has 5 nitrogen and oxygen atoms in total. The maximum absolute atomic E-state index is 5.43. The molecule has 1 fully saturated rings. The molecular weight excluding hydrogens is 324 g/mol. The van der Waals surface area contributed by atoms with Crippen molar-refractivity contribution in [3.05, 3.63) is 42.0 Å². The molecule has 142 valence electrons. The lowest BCUT2D eigenvalue weighted by Crippen LogP contribution is -2.43. The Kier molecular flexibility index (Phi) is 6.95. The predicted octanol–water partition coefficient (Wildman–Crippen LogP) is 3.11. The SMILES string of the molecule is CCNC(=NCC(c1cccc(OC)c1)N1CCCC1)NC1CC=CC1. The number of nitrogens with zero attached hydrogens (tertiary/aromatic N) is 2. The van der Waals surface area contributed by atoms with E-state index < -0.39 is 0 Å². The van der Waals surface area contributed by atoms with Gasteiger partial charge in [-0.15, -0.1) is 0 Å². The number of likely N-dealkylation sites (tertiary alicyclic amines) is 1. The fourth-order valence-corrected chi connectivity index (χ4v) is 3.76. The Morgan fingerprint density at radius 2 is 2.04 bits per heavy atom. The first-order valence-electron chi connectivity index (χ1n) is 9.88. The standard InChI is InChI=1S/C21H32N4O/c1-3-22-21(24-18-10-4-5-11-18)23-16-20(25-13-6-7-14-25)17-9-8-12-19(15-17)26-2/h4-5,8-9,12,15,18,20H,3,6-7,10-11,13-14,16H2,1-2H3,(H2,22,23,24). The molecule has 1 aromatic carbocycles. The zero-order valence-electron chi connectivity index (χ0n) is 16.1. The molecule has 1 aromatic rings. The second-order valence-electron chi connectivity index (χ2n) is 7.04. The summed E-state index contributed by atoms with van der Waals surface area (Å²) in [7, 11) is 1.73. The molecule has 0 bridgehead atoms. The summed E-state index contributed by atoms with van der Waals surface area (Å²) in [6.07, 6.45) is 9.19. The first-order valence-corrected chi connectivity index (χ1v) is 9.88. The van der Waals surface area contributed by atoms with Crippen LogP contribution in [0.4, 0.5) is 0 Å². The first kappa shape index (κ1) is 18.8. The molecule has 1 aliphatic heterocycles. The van der Waals surface area contributed by atoms with E-state index in [1.807, 2.05) is 6.07 Å². The first-order chi connectivity index (χ1) is 12.8. The van der Waals surface area contributed by atoms with Crippen LogP contribution in [0, 0.1) is 0 Å². The molecule has 1 atom stereocenters. The molecule has 1 heterocycles. The highest BCUT2D eigenvalue weighted by Gasteiger charge is 2.24. The van der Waals surface area contributed by atoms with Gasteiger partial charge in [0.05, 0.1) is 19.7 Å². The van der Waals surface area contributed by atoms with Crippen LogP contribution in [0.25, 0.3) is 0 Å². The van der Waals surface area contributed by atoms with Crippen LogP contribution in [0.15, 0.2) is 41.4 Å². The number of ether oxygens (including phenoxy) is 1. The van der Waals surface area contributed by atoms with Crippen LogP contribution in [0.5, 0.6) is 5.75 Å². The molecule has 0 spiro atoms. The molecule has 1 saturated heterocycles. The molecule has 5 heteroatoms. The van der Waals surface area contributed by atoms with Gasteiger partial charge in [0.1, 0.15) is 5.75 Å². The number of guanidine groups is 1. The Bertz CT molecular complexity index is 614. The van der Waals surface area contributed by atoms with Gasteiger partial charge in [0, 0.05) is 12.6 Å². The largest absolute Gasteiger partial charge is 0.497 e. The van der Waals surface area contributed by atoms with Crippen molar-refractivity contribution in [3.63, 3.8) is 0 Å². The number of hydrogen-bond acceptors (Lipinski definition) is 3. The van der Waals surface area contributed by atoms with Crippen LogP contribution >= 0.6 is 0 Å². The molecule has 0 radical (unpaired) electrons. The third-order valence-corrected chi connectivity index (χ3v) is 5.18. The summed E-state index contributed by atoms with van der Waals surface area (Å²) < 4.78 is 5.43. The Labute approximate surface area is 157 Å².